The van der Waals surface area contributed by atoms with E-state index in [1.54, 1.807) is 0 Å². The Labute approximate surface area is 73.9 Å². The summed E-state index contributed by atoms with van der Waals surface area (Å²) in [7, 11) is -5.53. The van der Waals surface area contributed by atoms with Gasteiger partial charge in [0.25, 0.3) is 0 Å². The van der Waals surface area contributed by atoms with Gasteiger partial charge in [0.15, 0.2) is 6.79 Å². The Kier molecular flexibility index (Phi) is 8.13. The zero-order chi connectivity index (χ0) is 8.69. The highest BCUT2D eigenvalue weighted by atomic mass is 35.5. The maximum absolute atomic E-state index is 10.2. The van der Waals surface area contributed by atoms with Crippen molar-refractivity contribution in [2.75, 3.05) is 6.79 Å². The average molecular weight is 245 g/mol. The molecule has 0 N–H and O–H groups in total. The molecule has 0 aliphatic heterocycles. The van der Waals surface area contributed by atoms with Crippen molar-refractivity contribution in [3.8, 4) is 0 Å². The van der Waals surface area contributed by atoms with Crippen LogP contribution in [0.15, 0.2) is 0 Å². The number of hydrogen-bond acceptors (Lipinski definition) is 6. The first-order valence-electron chi connectivity index (χ1n) is 2.11. The summed E-state index contributed by atoms with van der Waals surface area (Å²) in [6.07, 6.45) is 0. The van der Waals surface area contributed by atoms with Gasteiger partial charge in [-0.1, -0.05) is 0 Å². The van der Waals surface area contributed by atoms with Crippen LogP contribution >= 0.6 is 40.2 Å². The molecular formula is CH4Cl2O6P2. The molecule has 0 fully saturated rings. The summed E-state index contributed by atoms with van der Waals surface area (Å²) in [5, 5.41) is 0. The second-order valence-electron chi connectivity index (χ2n) is 1.06. The van der Waals surface area contributed by atoms with Crippen molar-refractivity contribution >= 4 is 40.2 Å². The number of rotatable bonds is 6. The number of hydrogen-bond donors (Lipinski definition) is 0. The fraction of sp³-hybridized carbons (Fsp3) is 1.00. The maximum Gasteiger partial charge on any atom is 0.337 e. The van der Waals surface area contributed by atoms with Crippen molar-refractivity contribution < 1.29 is 26.3 Å². The quantitative estimate of drug-likeness (QED) is 0.527. The first-order chi connectivity index (χ1) is 5.20. The number of halogens is 2. The van der Waals surface area contributed by atoms with E-state index in [-0.39, 0.29) is 0 Å². The summed E-state index contributed by atoms with van der Waals surface area (Å²) in [5.74, 6) is 0. The largest absolute Gasteiger partial charge is 0.337 e. The van der Waals surface area contributed by atoms with Crippen molar-refractivity contribution in [1.29, 1.82) is 0 Å². The third kappa shape index (κ3) is 7.25. The van der Waals surface area contributed by atoms with E-state index in [2.05, 4.69) is 40.9 Å². The molecule has 0 radical (unpaired) electrons. The van der Waals surface area contributed by atoms with Crippen molar-refractivity contribution in [2.45, 2.75) is 0 Å². The molecule has 0 bridgehead atoms. The fourth-order valence-electron chi connectivity index (χ4n) is 0.170. The van der Waals surface area contributed by atoms with Crippen molar-refractivity contribution in [3.05, 3.63) is 0 Å². The van der Waals surface area contributed by atoms with Crippen LogP contribution in [0.1, 0.15) is 0 Å². The topological polar surface area (TPSA) is 71.1 Å². The maximum atomic E-state index is 10.2. The van der Waals surface area contributed by atoms with Crippen molar-refractivity contribution in [1.82, 2.24) is 0 Å². The molecule has 0 aromatic heterocycles. The normalized spacial score (nSPS) is 16.2. The summed E-state index contributed by atoms with van der Waals surface area (Å²) < 4.78 is 36.4. The van der Waals surface area contributed by atoms with Crippen LogP contribution < -0.4 is 0 Å². The molecule has 2 unspecified atom stereocenters. The SMILES string of the molecule is O=[PH](OCl)OCO[PH](=O)OCl. The van der Waals surface area contributed by atoms with Gasteiger partial charge in [-0.2, -0.15) is 8.15 Å². The molecule has 0 aromatic rings. The molecule has 10 heteroatoms. The van der Waals surface area contributed by atoms with Gasteiger partial charge in [-0.25, -0.2) is 0 Å². The molecule has 0 rings (SSSR count). The molecule has 0 saturated heterocycles. The van der Waals surface area contributed by atoms with Gasteiger partial charge in [-0.3, -0.25) is 18.2 Å². The Morgan fingerprint density at radius 3 is 1.64 bits per heavy atom. The lowest BCUT2D eigenvalue weighted by Crippen LogP contribution is -1.86. The molecule has 0 aromatic carbocycles. The lowest BCUT2D eigenvalue weighted by atomic mass is 11.6. The first-order valence-corrected chi connectivity index (χ1v) is 5.18. The van der Waals surface area contributed by atoms with Gasteiger partial charge >= 0.3 is 16.5 Å². The molecule has 0 saturated carbocycles. The Bertz CT molecular complexity index is 134. The van der Waals surface area contributed by atoms with E-state index in [4.69, 9.17) is 0 Å². The monoisotopic (exact) mass is 244 g/mol. The predicted molar refractivity (Wildman–Crippen MR) is 38.9 cm³/mol. The smallest absolute Gasteiger partial charge is 0.282 e. The van der Waals surface area contributed by atoms with Gasteiger partial charge in [-0.15, -0.1) is 0 Å². The van der Waals surface area contributed by atoms with Crippen LogP contribution in [-0.4, -0.2) is 6.79 Å². The van der Waals surface area contributed by atoms with E-state index in [1.807, 2.05) is 0 Å². The highest BCUT2D eigenvalue weighted by molar-refractivity contribution is 7.35. The van der Waals surface area contributed by atoms with E-state index in [1.165, 1.54) is 0 Å². The van der Waals surface area contributed by atoms with E-state index in [0.717, 1.165) is 0 Å². The third-order valence-corrected chi connectivity index (χ3v) is 2.19. The first kappa shape index (κ1) is 11.9. The minimum atomic E-state index is -2.76. The van der Waals surface area contributed by atoms with E-state index < -0.39 is 23.3 Å². The molecule has 6 nitrogen and oxygen atoms in total. The predicted octanol–water partition coefficient (Wildman–Crippen LogP) is 2.10. The molecule has 11 heavy (non-hydrogen) atoms. The van der Waals surface area contributed by atoms with Gasteiger partial charge in [0.05, 0.1) is 23.7 Å². The molecular weight excluding hydrogens is 241 g/mol. The van der Waals surface area contributed by atoms with E-state index >= 15 is 0 Å². The highest BCUT2D eigenvalue weighted by Crippen LogP contribution is 2.30. The Balaban J connectivity index is 3.27. The molecule has 68 valence electrons. The molecule has 0 amide bonds. The van der Waals surface area contributed by atoms with Crippen LogP contribution in [0, 0.1) is 0 Å². The minimum absolute atomic E-state index is 0.519. The van der Waals surface area contributed by atoms with Gasteiger partial charge in [0.1, 0.15) is 0 Å². The van der Waals surface area contributed by atoms with Crippen LogP contribution in [0.2, 0.25) is 0 Å². The summed E-state index contributed by atoms with van der Waals surface area (Å²) >= 11 is 9.25. The van der Waals surface area contributed by atoms with Crippen LogP contribution in [-0.2, 0) is 26.3 Å². The lowest BCUT2D eigenvalue weighted by Gasteiger charge is -1.99. The van der Waals surface area contributed by atoms with E-state index in [0.29, 0.717) is 0 Å². The molecule has 0 aliphatic carbocycles. The third-order valence-electron chi connectivity index (χ3n) is 0.480. The van der Waals surface area contributed by atoms with Gasteiger partial charge in [0, 0.05) is 0 Å². The molecule has 0 heterocycles. The van der Waals surface area contributed by atoms with E-state index in [9.17, 15) is 9.13 Å². The summed E-state index contributed by atoms with van der Waals surface area (Å²) in [6, 6.07) is 0. The van der Waals surface area contributed by atoms with Gasteiger partial charge < -0.3 is 0 Å². The van der Waals surface area contributed by atoms with Crippen LogP contribution in [0.5, 0.6) is 0 Å². The minimum Gasteiger partial charge on any atom is -0.282 e. The van der Waals surface area contributed by atoms with Crippen molar-refractivity contribution in [3.63, 3.8) is 0 Å². The highest BCUT2D eigenvalue weighted by Gasteiger charge is 2.00. The van der Waals surface area contributed by atoms with Crippen LogP contribution in [0.25, 0.3) is 0 Å². The van der Waals surface area contributed by atoms with Crippen LogP contribution in [0.4, 0.5) is 0 Å². The molecule has 0 aliphatic rings. The summed E-state index contributed by atoms with van der Waals surface area (Å²) in [5.41, 5.74) is 0. The fourth-order valence-corrected chi connectivity index (χ4v) is 0.955. The summed E-state index contributed by atoms with van der Waals surface area (Å²) in [4.78, 5) is 0. The lowest BCUT2D eigenvalue weighted by molar-refractivity contribution is 0.115. The van der Waals surface area contributed by atoms with Gasteiger partial charge in [0.2, 0.25) is 0 Å². The van der Waals surface area contributed by atoms with Gasteiger partial charge in [-0.05, 0) is 0 Å². The summed E-state index contributed by atoms with van der Waals surface area (Å²) in [6.45, 7) is -0.519. The standard InChI is InChI=1S/CH4Cl2O6P2/c2-8-10(4)6-1-7-11(5)9-3/h10-11H,1H2. The van der Waals surface area contributed by atoms with Crippen LogP contribution in [0.3, 0.4) is 0 Å². The molecule has 0 spiro atoms. The molecule has 2 atom stereocenters. The zero-order valence-electron chi connectivity index (χ0n) is 4.91. The second kappa shape index (κ2) is 7.53. The Morgan fingerprint density at radius 2 is 1.36 bits per heavy atom. The van der Waals surface area contributed by atoms with Crippen molar-refractivity contribution in [2.24, 2.45) is 0 Å². The Morgan fingerprint density at radius 1 is 1.00 bits per heavy atom. The Hall–Kier alpha value is 0.880. The second-order valence-corrected chi connectivity index (χ2v) is 3.87. The average Bonchev–Trinajstić information content (AvgIpc) is 2.04. The zero-order valence-corrected chi connectivity index (χ0v) is 8.42.